The molecule has 0 saturated carbocycles. The predicted octanol–water partition coefficient (Wildman–Crippen LogP) is 1.31. The molecule has 0 unspecified atom stereocenters. The van der Waals surface area contributed by atoms with E-state index >= 15 is 0 Å². The molecule has 0 rings (SSSR count). The lowest BCUT2D eigenvalue weighted by Crippen LogP contribution is -2.73. The average Bonchev–Trinajstić information content (AvgIpc) is 2.33. The summed E-state index contributed by atoms with van der Waals surface area (Å²) in [5, 5.41) is 22.6. The normalized spacial score (nSPS) is 13.3. The zero-order chi connectivity index (χ0) is 16.2. The fraction of sp³-hybridized carbons (Fsp3) is 1.00. The van der Waals surface area contributed by atoms with Gasteiger partial charge >= 0.3 is 0 Å². The van der Waals surface area contributed by atoms with Gasteiger partial charge in [0.1, 0.15) is 0 Å². The van der Waals surface area contributed by atoms with E-state index in [4.69, 9.17) is 11.5 Å². The van der Waals surface area contributed by atoms with Crippen molar-refractivity contribution in [2.45, 2.75) is 70.0 Å². The van der Waals surface area contributed by atoms with E-state index in [1.54, 1.807) is 0 Å². The highest BCUT2D eigenvalue weighted by atomic mass is 16.6. The van der Waals surface area contributed by atoms with Gasteiger partial charge in [-0.3, -0.25) is 20.2 Å². The smallest absolute Gasteiger partial charge is 0.241 e. The molecule has 8 heteroatoms. The Morgan fingerprint density at radius 2 is 1.30 bits per heavy atom. The molecular formula is C12H26N4O4. The molecule has 118 valence electrons. The minimum atomic E-state index is -1.60. The Balaban J connectivity index is 5.46. The quantitative estimate of drug-likeness (QED) is 0.373. The maximum absolute atomic E-state index is 11.3. The van der Waals surface area contributed by atoms with Crippen LogP contribution >= 0.6 is 0 Å². The van der Waals surface area contributed by atoms with Gasteiger partial charge in [-0.25, -0.2) is 0 Å². The highest BCUT2D eigenvalue weighted by molar-refractivity contribution is 5.09. The van der Waals surface area contributed by atoms with Crippen molar-refractivity contribution in [2.75, 3.05) is 6.54 Å². The van der Waals surface area contributed by atoms with Gasteiger partial charge in [0.05, 0.1) is 0 Å². The zero-order valence-electron chi connectivity index (χ0n) is 12.7. The molecule has 0 aliphatic carbocycles. The highest BCUT2D eigenvalue weighted by Crippen LogP contribution is 2.38. The summed E-state index contributed by atoms with van der Waals surface area (Å²) in [5.74, 6) is 0. The van der Waals surface area contributed by atoms with Crippen molar-refractivity contribution < 1.29 is 9.85 Å². The van der Waals surface area contributed by atoms with E-state index in [2.05, 4.69) is 0 Å². The van der Waals surface area contributed by atoms with Gasteiger partial charge < -0.3 is 11.5 Å². The molecule has 4 N–H and O–H groups in total. The summed E-state index contributed by atoms with van der Waals surface area (Å²) in [5.41, 5.74) is 6.86. The van der Waals surface area contributed by atoms with E-state index in [1.807, 2.05) is 0 Å². The van der Waals surface area contributed by atoms with Crippen LogP contribution in [0.15, 0.2) is 0 Å². The minimum Gasteiger partial charge on any atom is -0.330 e. The molecule has 0 bridgehead atoms. The van der Waals surface area contributed by atoms with Gasteiger partial charge in [0, 0.05) is 37.5 Å². The standard InChI is InChI=1S/C12H26N4O4/c1-10(2,15(17)18)12(14,8-6-5-7-9-13)11(3,4)16(19)20/h5-9,13-14H2,1-4H3. The third kappa shape index (κ3) is 3.24. The fourth-order valence-corrected chi connectivity index (χ4v) is 2.41. The number of hydrogen-bond donors (Lipinski definition) is 2. The molecule has 0 atom stereocenters. The third-order valence-corrected chi connectivity index (χ3v) is 4.37. The van der Waals surface area contributed by atoms with Gasteiger partial charge in [0.15, 0.2) is 5.54 Å². The Morgan fingerprint density at radius 3 is 1.60 bits per heavy atom. The molecule has 0 saturated heterocycles. The Labute approximate surface area is 119 Å². The number of hydrogen-bond acceptors (Lipinski definition) is 6. The lowest BCUT2D eigenvalue weighted by molar-refractivity contribution is -0.624. The molecule has 0 fully saturated rings. The van der Waals surface area contributed by atoms with Crippen LogP contribution in [0.5, 0.6) is 0 Å². The van der Waals surface area contributed by atoms with E-state index in [0.717, 1.165) is 12.8 Å². The van der Waals surface area contributed by atoms with E-state index < -0.39 is 26.5 Å². The molecule has 0 spiro atoms. The molecule has 0 aromatic rings. The van der Waals surface area contributed by atoms with Gasteiger partial charge in [-0.15, -0.1) is 0 Å². The van der Waals surface area contributed by atoms with Crippen LogP contribution in [0.25, 0.3) is 0 Å². The molecule has 0 aliphatic heterocycles. The molecule has 0 amide bonds. The van der Waals surface area contributed by atoms with Crippen molar-refractivity contribution in [3.63, 3.8) is 0 Å². The van der Waals surface area contributed by atoms with Crippen LogP contribution in [-0.4, -0.2) is 33.0 Å². The summed E-state index contributed by atoms with van der Waals surface area (Å²) < 4.78 is 0. The predicted molar refractivity (Wildman–Crippen MR) is 76.6 cm³/mol. The van der Waals surface area contributed by atoms with Crippen LogP contribution < -0.4 is 11.5 Å². The first kappa shape index (κ1) is 18.7. The van der Waals surface area contributed by atoms with Crippen molar-refractivity contribution in [1.82, 2.24) is 0 Å². The number of rotatable bonds is 9. The van der Waals surface area contributed by atoms with Gasteiger partial charge in [0.2, 0.25) is 11.1 Å². The van der Waals surface area contributed by atoms with Crippen molar-refractivity contribution in [1.29, 1.82) is 0 Å². The fourth-order valence-electron chi connectivity index (χ4n) is 2.41. The molecule has 0 aromatic heterocycles. The number of nitro groups is 2. The molecule has 0 heterocycles. The maximum Gasteiger partial charge on any atom is 0.241 e. The van der Waals surface area contributed by atoms with Gasteiger partial charge in [-0.05, 0) is 19.4 Å². The van der Waals surface area contributed by atoms with Crippen molar-refractivity contribution in [3.05, 3.63) is 20.2 Å². The van der Waals surface area contributed by atoms with Crippen LogP contribution in [0.2, 0.25) is 0 Å². The zero-order valence-corrected chi connectivity index (χ0v) is 12.7. The molecular weight excluding hydrogens is 264 g/mol. The van der Waals surface area contributed by atoms with Gasteiger partial charge in [-0.2, -0.15) is 0 Å². The van der Waals surface area contributed by atoms with Crippen LogP contribution in [0.3, 0.4) is 0 Å². The van der Waals surface area contributed by atoms with Gasteiger partial charge in [0.25, 0.3) is 0 Å². The van der Waals surface area contributed by atoms with Crippen molar-refractivity contribution in [2.24, 2.45) is 11.5 Å². The van der Waals surface area contributed by atoms with E-state index in [0.29, 0.717) is 13.0 Å². The number of nitrogens with two attached hydrogens (primary N) is 2. The van der Waals surface area contributed by atoms with E-state index in [-0.39, 0.29) is 6.42 Å². The molecule has 0 aliphatic rings. The molecule has 20 heavy (non-hydrogen) atoms. The minimum absolute atomic E-state index is 0.203. The summed E-state index contributed by atoms with van der Waals surface area (Å²) in [6, 6.07) is 0. The topological polar surface area (TPSA) is 138 Å². The van der Waals surface area contributed by atoms with Crippen molar-refractivity contribution >= 4 is 0 Å². The summed E-state index contributed by atoms with van der Waals surface area (Å²) in [6.45, 7) is 5.92. The SMILES string of the molecule is CC(C)([N+](=O)[O-])C(N)(CCCCCN)C(C)(C)[N+](=O)[O-]. The Morgan fingerprint density at radius 1 is 0.900 bits per heavy atom. The van der Waals surface area contributed by atoms with Crippen LogP contribution in [0.4, 0.5) is 0 Å². The second-order valence-corrected chi connectivity index (χ2v) is 6.20. The lowest BCUT2D eigenvalue weighted by Gasteiger charge is -2.42. The highest BCUT2D eigenvalue weighted by Gasteiger charge is 2.66. The first-order chi connectivity index (χ1) is 8.95. The molecule has 8 nitrogen and oxygen atoms in total. The number of nitrogens with zero attached hydrogens (tertiary/aromatic N) is 2. The maximum atomic E-state index is 11.3. The summed E-state index contributed by atoms with van der Waals surface area (Å²) in [7, 11) is 0. The molecule has 0 radical (unpaired) electrons. The Hall–Kier alpha value is -1.28. The van der Waals surface area contributed by atoms with E-state index in [9.17, 15) is 20.2 Å². The second-order valence-electron chi connectivity index (χ2n) is 6.20. The summed E-state index contributed by atoms with van der Waals surface area (Å²) in [6.07, 6.45) is 2.29. The Kier molecular flexibility index (Phi) is 6.03. The lowest BCUT2D eigenvalue weighted by atomic mass is 9.65. The largest absolute Gasteiger partial charge is 0.330 e. The van der Waals surface area contributed by atoms with Gasteiger partial charge in [-0.1, -0.05) is 12.8 Å². The van der Waals surface area contributed by atoms with E-state index in [1.165, 1.54) is 27.7 Å². The average molecular weight is 290 g/mol. The van der Waals surface area contributed by atoms with Crippen LogP contribution in [-0.2, 0) is 0 Å². The van der Waals surface area contributed by atoms with Crippen LogP contribution in [0, 0.1) is 20.2 Å². The monoisotopic (exact) mass is 290 g/mol. The first-order valence-electron chi connectivity index (χ1n) is 6.73. The summed E-state index contributed by atoms with van der Waals surface area (Å²) >= 11 is 0. The third-order valence-electron chi connectivity index (χ3n) is 4.37. The molecule has 0 aromatic carbocycles. The second kappa shape index (κ2) is 6.45. The van der Waals surface area contributed by atoms with Crippen molar-refractivity contribution in [3.8, 4) is 0 Å². The number of unbranched alkanes of at least 4 members (excludes halogenated alkanes) is 2. The first-order valence-corrected chi connectivity index (χ1v) is 6.73. The summed E-state index contributed by atoms with van der Waals surface area (Å²) in [4.78, 5) is 21.6. The van der Waals surface area contributed by atoms with Crippen LogP contribution in [0.1, 0.15) is 53.4 Å². The Bertz CT molecular complexity index is 342.